The monoisotopic (exact) mass is 434 g/mol. The summed E-state index contributed by atoms with van der Waals surface area (Å²) >= 11 is 5.01. The van der Waals surface area contributed by atoms with Gasteiger partial charge in [0.05, 0.1) is 33.1 Å². The molecule has 1 aromatic carbocycles. The number of benzene rings is 1. The van der Waals surface area contributed by atoms with Crippen molar-refractivity contribution in [2.75, 3.05) is 21.3 Å². The average Bonchev–Trinajstić information content (AvgIpc) is 3.15. The highest BCUT2D eigenvalue weighted by atomic mass is 32.1. The first-order valence-corrected chi connectivity index (χ1v) is 9.34. The predicted molar refractivity (Wildman–Crippen MR) is 111 cm³/mol. The molecule has 0 unspecified atom stereocenters. The minimum absolute atomic E-state index is 0.0423. The largest absolute Gasteiger partial charge is 0.494 e. The van der Waals surface area contributed by atoms with Crippen molar-refractivity contribution in [3.05, 3.63) is 38.4 Å². The number of ether oxygens (including phenoxy) is 3. The van der Waals surface area contributed by atoms with Crippen LogP contribution in [0.2, 0.25) is 0 Å². The van der Waals surface area contributed by atoms with Gasteiger partial charge in [-0.3, -0.25) is 19.1 Å². The van der Waals surface area contributed by atoms with Gasteiger partial charge in [0.1, 0.15) is 5.56 Å². The Bertz CT molecular complexity index is 1150. The van der Waals surface area contributed by atoms with Gasteiger partial charge in [-0.2, -0.15) is 5.10 Å². The lowest BCUT2D eigenvalue weighted by Crippen LogP contribution is -2.24. The van der Waals surface area contributed by atoms with Crippen LogP contribution in [0.25, 0.3) is 0 Å². The summed E-state index contributed by atoms with van der Waals surface area (Å²) in [5.74, 6) is 0.554. The third-order valence-electron chi connectivity index (χ3n) is 4.91. The molecule has 160 valence electrons. The lowest BCUT2D eigenvalue weighted by molar-refractivity contribution is -0.130. The highest BCUT2D eigenvalue weighted by Crippen LogP contribution is 2.46. The second kappa shape index (κ2) is 8.19. The Morgan fingerprint density at radius 3 is 2.47 bits per heavy atom. The first-order chi connectivity index (χ1) is 14.2. The Labute approximate surface area is 177 Å². The molecule has 10 nitrogen and oxygen atoms in total. The molecule has 0 spiro atoms. The fraction of sp³-hybridized carbons (Fsp3) is 0.368. The van der Waals surface area contributed by atoms with Crippen LogP contribution >= 0.6 is 12.2 Å². The van der Waals surface area contributed by atoms with Gasteiger partial charge in [-0.1, -0.05) is 0 Å². The SMILES string of the molecule is COc1ccc([C@H]2CC(c3c(O)n(C)c(=S)[nH]c3=O)=NN2C(C)=O)c(OC)c1OC. The van der Waals surface area contributed by atoms with E-state index < -0.39 is 11.6 Å². The maximum absolute atomic E-state index is 12.5. The number of rotatable bonds is 5. The molecule has 3 rings (SSSR count). The quantitative estimate of drug-likeness (QED) is 0.690. The number of hydrogen-bond donors (Lipinski definition) is 2. The van der Waals surface area contributed by atoms with Crippen LogP contribution in [0.15, 0.2) is 22.0 Å². The normalized spacial score (nSPS) is 15.7. The molecule has 30 heavy (non-hydrogen) atoms. The van der Waals surface area contributed by atoms with Crippen molar-refractivity contribution in [3.8, 4) is 23.1 Å². The van der Waals surface area contributed by atoms with Crippen LogP contribution in [0.5, 0.6) is 23.1 Å². The molecule has 1 aliphatic heterocycles. The molecular weight excluding hydrogens is 412 g/mol. The van der Waals surface area contributed by atoms with Crippen molar-refractivity contribution in [2.24, 2.45) is 12.1 Å². The van der Waals surface area contributed by atoms with Crippen molar-refractivity contribution in [1.82, 2.24) is 14.6 Å². The van der Waals surface area contributed by atoms with Crippen LogP contribution in [0, 0.1) is 4.77 Å². The number of hydrogen-bond acceptors (Lipinski definition) is 8. The van der Waals surface area contributed by atoms with Gasteiger partial charge in [-0.25, -0.2) is 5.01 Å². The van der Waals surface area contributed by atoms with E-state index in [1.54, 1.807) is 12.1 Å². The number of aromatic hydroxyl groups is 1. The molecule has 2 N–H and O–H groups in total. The van der Waals surface area contributed by atoms with Gasteiger partial charge < -0.3 is 19.3 Å². The van der Waals surface area contributed by atoms with Gasteiger partial charge in [0.15, 0.2) is 16.3 Å². The third kappa shape index (κ3) is 3.41. The van der Waals surface area contributed by atoms with Gasteiger partial charge in [0.2, 0.25) is 17.5 Å². The van der Waals surface area contributed by atoms with Crippen LogP contribution < -0.4 is 19.8 Å². The standard InChI is InChI=1S/C19H22N4O6S/c1-9(24)23-12(10-6-7-13(27-3)16(29-5)15(10)28-4)8-11(21-23)14-17(25)20-19(30)22(2)18(14)26/h6-7,12,26H,8H2,1-5H3,(H,20,25,30)/t12-/m1/s1. The summed E-state index contributed by atoms with van der Waals surface area (Å²) < 4.78 is 17.6. The molecule has 0 bridgehead atoms. The maximum atomic E-state index is 12.5. The molecule has 2 heterocycles. The fourth-order valence-corrected chi connectivity index (χ4v) is 3.63. The Balaban J connectivity index is 2.15. The van der Waals surface area contributed by atoms with E-state index in [1.165, 1.54) is 44.9 Å². The van der Waals surface area contributed by atoms with Gasteiger partial charge in [-0.15, -0.1) is 0 Å². The van der Waals surface area contributed by atoms with Gasteiger partial charge in [0, 0.05) is 26.0 Å². The lowest BCUT2D eigenvalue weighted by atomic mass is 9.97. The van der Waals surface area contributed by atoms with Gasteiger partial charge >= 0.3 is 0 Å². The van der Waals surface area contributed by atoms with Crippen LogP contribution in [-0.4, -0.2) is 52.6 Å². The Hall–Kier alpha value is -3.34. The minimum atomic E-state index is -0.585. The van der Waals surface area contributed by atoms with E-state index in [4.69, 9.17) is 26.4 Å². The molecule has 0 aliphatic carbocycles. The zero-order valence-corrected chi connectivity index (χ0v) is 18.0. The topological polar surface area (TPSA) is 118 Å². The smallest absolute Gasteiger partial charge is 0.264 e. The average molecular weight is 434 g/mol. The number of aromatic amines is 1. The first-order valence-electron chi connectivity index (χ1n) is 8.93. The number of carbonyl (C=O) groups is 1. The number of amides is 1. The van der Waals surface area contributed by atoms with E-state index in [-0.39, 0.29) is 34.3 Å². The van der Waals surface area contributed by atoms with E-state index in [0.717, 1.165) is 0 Å². The first kappa shape index (κ1) is 21.4. The highest BCUT2D eigenvalue weighted by Gasteiger charge is 2.36. The molecule has 1 atom stereocenters. The van der Waals surface area contributed by atoms with Crippen molar-refractivity contribution in [1.29, 1.82) is 0 Å². The molecule has 1 aliphatic rings. The summed E-state index contributed by atoms with van der Waals surface area (Å²) in [6.45, 7) is 1.36. The molecular formula is C19H22N4O6S. The van der Waals surface area contributed by atoms with E-state index in [1.807, 2.05) is 0 Å². The molecule has 11 heteroatoms. The number of methoxy groups -OCH3 is 3. The second-order valence-electron chi connectivity index (χ2n) is 6.57. The highest BCUT2D eigenvalue weighted by molar-refractivity contribution is 7.71. The van der Waals surface area contributed by atoms with Gasteiger partial charge in [0.25, 0.3) is 5.56 Å². The van der Waals surface area contributed by atoms with Crippen LogP contribution in [0.3, 0.4) is 0 Å². The van der Waals surface area contributed by atoms with Crippen molar-refractivity contribution < 1.29 is 24.1 Å². The van der Waals surface area contributed by atoms with Crippen LogP contribution in [-0.2, 0) is 11.8 Å². The zero-order valence-electron chi connectivity index (χ0n) is 17.2. The predicted octanol–water partition coefficient (Wildman–Crippen LogP) is 1.87. The van der Waals surface area contributed by atoms with Crippen molar-refractivity contribution >= 4 is 23.8 Å². The maximum Gasteiger partial charge on any atom is 0.264 e. The number of nitrogens with zero attached hydrogens (tertiary/aromatic N) is 3. The van der Waals surface area contributed by atoms with Crippen LogP contribution in [0.1, 0.15) is 30.5 Å². The Kier molecular flexibility index (Phi) is 5.83. The van der Waals surface area contributed by atoms with Gasteiger partial charge in [-0.05, 0) is 24.4 Å². The van der Waals surface area contributed by atoms with Crippen molar-refractivity contribution in [2.45, 2.75) is 19.4 Å². The summed E-state index contributed by atoms with van der Waals surface area (Å²) in [6.07, 6.45) is 0.166. The molecule has 1 amide bonds. The van der Waals surface area contributed by atoms with Crippen molar-refractivity contribution in [3.63, 3.8) is 0 Å². The summed E-state index contributed by atoms with van der Waals surface area (Å²) in [5.41, 5.74) is 0.234. The lowest BCUT2D eigenvalue weighted by Gasteiger charge is -2.24. The summed E-state index contributed by atoms with van der Waals surface area (Å²) in [5, 5.41) is 16.1. The Morgan fingerprint density at radius 1 is 1.23 bits per heavy atom. The van der Waals surface area contributed by atoms with E-state index in [9.17, 15) is 14.7 Å². The molecule has 0 fully saturated rings. The second-order valence-corrected chi connectivity index (χ2v) is 6.96. The third-order valence-corrected chi connectivity index (χ3v) is 5.28. The van der Waals surface area contributed by atoms with E-state index >= 15 is 0 Å². The molecule has 0 saturated heterocycles. The van der Waals surface area contributed by atoms with E-state index in [0.29, 0.717) is 22.8 Å². The molecule has 1 aromatic heterocycles. The summed E-state index contributed by atoms with van der Waals surface area (Å²) in [6, 6.07) is 2.86. The molecule has 2 aromatic rings. The number of nitrogens with one attached hydrogen (secondary N) is 1. The minimum Gasteiger partial charge on any atom is -0.494 e. The summed E-state index contributed by atoms with van der Waals surface area (Å²) in [4.78, 5) is 27.3. The van der Waals surface area contributed by atoms with E-state index in [2.05, 4.69) is 10.1 Å². The number of hydrazone groups is 1. The molecule has 0 radical (unpaired) electrons. The number of aromatic nitrogens is 2. The zero-order chi connectivity index (χ0) is 22.2. The molecule has 0 saturated carbocycles. The summed E-state index contributed by atoms with van der Waals surface area (Å²) in [7, 11) is 5.99. The fourth-order valence-electron chi connectivity index (χ4n) is 3.45. The number of H-pyrrole nitrogens is 1. The van der Waals surface area contributed by atoms with Crippen LogP contribution in [0.4, 0.5) is 0 Å². The number of carbonyl (C=O) groups excluding carboxylic acids is 1. The Morgan fingerprint density at radius 2 is 1.90 bits per heavy atom.